The number of pyridine rings is 2. The first-order chi connectivity index (χ1) is 16.7. The Bertz CT molecular complexity index is 1520. The molecule has 0 aliphatic carbocycles. The lowest BCUT2D eigenvalue weighted by molar-refractivity contribution is -0.123. The van der Waals surface area contributed by atoms with Gasteiger partial charge in [-0.25, -0.2) is 24.7 Å². The summed E-state index contributed by atoms with van der Waals surface area (Å²) in [6.07, 6.45) is 2.77. The van der Waals surface area contributed by atoms with E-state index < -0.39 is 11.4 Å². The number of carboxylic acids is 1. The van der Waals surface area contributed by atoms with Gasteiger partial charge in [-0.2, -0.15) is 4.37 Å². The number of Topliss-reactive ketones (excluding diaryl/α,β-unsaturated/α-hetero) is 1. The Morgan fingerprint density at radius 1 is 1.11 bits per heavy atom. The van der Waals surface area contributed by atoms with Crippen LogP contribution in [-0.2, 0) is 11.2 Å². The molecule has 1 N–H and O–H groups in total. The molecule has 4 aromatic heterocycles. The molecule has 0 aromatic carbocycles. The first-order valence-electron chi connectivity index (χ1n) is 10.9. The van der Waals surface area contributed by atoms with E-state index in [1.807, 2.05) is 24.8 Å². The minimum absolute atomic E-state index is 0.0700. The van der Waals surface area contributed by atoms with E-state index >= 15 is 0 Å². The maximum absolute atomic E-state index is 12.9. The van der Waals surface area contributed by atoms with Gasteiger partial charge in [-0.15, -0.1) is 0 Å². The third-order valence-corrected chi connectivity index (χ3v) is 6.62. The summed E-state index contributed by atoms with van der Waals surface area (Å²) in [6.45, 7) is 6.46. The van der Waals surface area contributed by atoms with Gasteiger partial charge >= 0.3 is 5.97 Å². The minimum atomic E-state index is -1.32. The topological polar surface area (TPSA) is 144 Å². The van der Waals surface area contributed by atoms with Crippen LogP contribution in [0.4, 0.5) is 5.82 Å². The van der Waals surface area contributed by atoms with E-state index in [0.717, 1.165) is 22.9 Å². The number of rotatable bonds is 6. The number of hydrogen-bond donors (Lipinski definition) is 1. The van der Waals surface area contributed by atoms with Crippen LogP contribution in [-0.4, -0.2) is 58.8 Å². The van der Waals surface area contributed by atoms with Gasteiger partial charge in [0.1, 0.15) is 29.3 Å². The van der Waals surface area contributed by atoms with Crippen LogP contribution in [0, 0.1) is 26.7 Å². The molecule has 0 saturated carbocycles. The lowest BCUT2D eigenvalue weighted by Crippen LogP contribution is -2.51. The van der Waals surface area contributed by atoms with Crippen LogP contribution >= 0.6 is 11.5 Å². The molecule has 1 aliphatic heterocycles. The van der Waals surface area contributed by atoms with Gasteiger partial charge in [0, 0.05) is 42.2 Å². The number of nitrogens with zero attached hydrogens (tertiary/aromatic N) is 7. The number of anilines is 1. The zero-order chi connectivity index (χ0) is 24.9. The van der Waals surface area contributed by atoms with Gasteiger partial charge in [0.15, 0.2) is 5.65 Å². The lowest BCUT2D eigenvalue weighted by Gasteiger charge is -2.39. The molecule has 178 valence electrons. The van der Waals surface area contributed by atoms with Crippen molar-refractivity contribution < 1.29 is 14.7 Å². The average molecular weight is 492 g/mol. The standard InChI is InChI=1S/C23H21N7O4S/c1-11-4-18(29-7-14(8-29)16(31)6-17-26-12(2)5-13(3)27-17)28-21-19(11)20(32)15(22(33)34)9-30(21)23-24-10-25-35-23/h4-5,9-10,14H,6-8H2,1-3H3,(H,33,34). The molecule has 11 nitrogen and oxygen atoms in total. The molecule has 1 fully saturated rings. The van der Waals surface area contributed by atoms with Crippen LogP contribution < -0.4 is 10.3 Å². The quantitative estimate of drug-likeness (QED) is 0.424. The smallest absolute Gasteiger partial charge is 0.341 e. The fourth-order valence-electron chi connectivity index (χ4n) is 4.26. The number of fused-ring (bicyclic) bond motifs is 1. The van der Waals surface area contributed by atoms with Crippen molar-refractivity contribution in [2.75, 3.05) is 18.0 Å². The highest BCUT2D eigenvalue weighted by molar-refractivity contribution is 7.08. The third-order valence-electron chi connectivity index (χ3n) is 5.95. The Morgan fingerprint density at radius 2 is 1.83 bits per heavy atom. The maximum Gasteiger partial charge on any atom is 0.341 e. The summed E-state index contributed by atoms with van der Waals surface area (Å²) in [7, 11) is 0. The second kappa shape index (κ2) is 8.62. The maximum atomic E-state index is 12.9. The highest BCUT2D eigenvalue weighted by Gasteiger charge is 2.34. The molecular formula is C23H21N7O4S. The number of carbonyl (C=O) groups excluding carboxylic acids is 1. The lowest BCUT2D eigenvalue weighted by atomic mass is 9.92. The summed E-state index contributed by atoms with van der Waals surface area (Å²) < 4.78 is 5.46. The van der Waals surface area contributed by atoms with Crippen molar-refractivity contribution in [3.8, 4) is 5.13 Å². The van der Waals surface area contributed by atoms with E-state index in [9.17, 15) is 19.5 Å². The molecule has 0 bridgehead atoms. The summed E-state index contributed by atoms with van der Waals surface area (Å²) in [6, 6.07) is 3.61. The molecule has 1 aliphatic rings. The molecule has 5 rings (SSSR count). The van der Waals surface area contributed by atoms with Crippen molar-refractivity contribution in [3.63, 3.8) is 0 Å². The Kier molecular flexibility index (Phi) is 5.59. The zero-order valence-corrected chi connectivity index (χ0v) is 20.0. The molecular weight excluding hydrogens is 470 g/mol. The predicted octanol–water partition coefficient (Wildman–Crippen LogP) is 1.90. The number of carbonyl (C=O) groups is 2. The van der Waals surface area contributed by atoms with Crippen molar-refractivity contribution in [3.05, 3.63) is 63.2 Å². The van der Waals surface area contributed by atoms with E-state index in [-0.39, 0.29) is 29.1 Å². The molecule has 35 heavy (non-hydrogen) atoms. The van der Waals surface area contributed by atoms with Crippen LogP contribution in [0.5, 0.6) is 0 Å². The Balaban J connectivity index is 1.45. The summed E-state index contributed by atoms with van der Waals surface area (Å²) >= 11 is 1.06. The second-order valence-electron chi connectivity index (χ2n) is 8.58. The van der Waals surface area contributed by atoms with Gasteiger partial charge in [-0.05, 0) is 38.5 Å². The highest BCUT2D eigenvalue weighted by Crippen LogP contribution is 2.29. The van der Waals surface area contributed by atoms with E-state index in [0.29, 0.717) is 41.1 Å². The van der Waals surface area contributed by atoms with E-state index in [2.05, 4.69) is 24.3 Å². The summed E-state index contributed by atoms with van der Waals surface area (Å²) in [5.41, 5.74) is 1.58. The number of ketones is 1. The van der Waals surface area contributed by atoms with Crippen LogP contribution in [0.2, 0.25) is 0 Å². The first-order valence-corrected chi connectivity index (χ1v) is 11.6. The zero-order valence-electron chi connectivity index (χ0n) is 19.2. The largest absolute Gasteiger partial charge is 0.477 e. The number of aromatic carboxylic acids is 1. The van der Waals surface area contributed by atoms with Crippen LogP contribution in [0.1, 0.15) is 33.1 Å². The van der Waals surface area contributed by atoms with Crippen LogP contribution in [0.25, 0.3) is 16.2 Å². The predicted molar refractivity (Wildman–Crippen MR) is 128 cm³/mol. The fraction of sp³-hybridized carbons (Fsp3) is 0.304. The number of aromatic nitrogens is 6. The molecule has 4 aromatic rings. The average Bonchev–Trinajstić information content (AvgIpc) is 3.26. The van der Waals surface area contributed by atoms with Crippen LogP contribution in [0.3, 0.4) is 0 Å². The normalized spacial score (nSPS) is 13.7. The van der Waals surface area contributed by atoms with Crippen molar-refractivity contribution in [1.29, 1.82) is 0 Å². The van der Waals surface area contributed by atoms with Crippen molar-refractivity contribution in [2.24, 2.45) is 5.92 Å². The van der Waals surface area contributed by atoms with Gasteiger partial charge < -0.3 is 10.0 Å². The Morgan fingerprint density at radius 3 is 2.46 bits per heavy atom. The van der Waals surface area contributed by atoms with E-state index in [1.165, 1.54) is 17.1 Å². The molecule has 0 unspecified atom stereocenters. The monoisotopic (exact) mass is 491 g/mol. The Hall–Kier alpha value is -4.06. The third kappa shape index (κ3) is 4.16. The van der Waals surface area contributed by atoms with Crippen molar-refractivity contribution in [1.82, 2.24) is 28.9 Å². The molecule has 12 heteroatoms. The van der Waals surface area contributed by atoms with Crippen LogP contribution in [0.15, 0.2) is 29.5 Å². The summed E-state index contributed by atoms with van der Waals surface area (Å²) in [5, 5.41) is 10.1. The van der Waals surface area contributed by atoms with Gasteiger partial charge in [-0.1, -0.05) is 0 Å². The SMILES string of the molecule is Cc1cc(C)nc(CC(=O)C2CN(c3cc(C)c4c(=O)c(C(=O)O)cn(-c5ncns5)c4n3)C2)n1. The molecule has 1 saturated heterocycles. The number of aryl methyl sites for hydroxylation is 3. The van der Waals surface area contributed by atoms with Crippen molar-refractivity contribution >= 4 is 40.1 Å². The van der Waals surface area contributed by atoms with Gasteiger partial charge in [0.2, 0.25) is 10.6 Å². The van der Waals surface area contributed by atoms with Crippen molar-refractivity contribution in [2.45, 2.75) is 27.2 Å². The minimum Gasteiger partial charge on any atom is -0.477 e. The van der Waals surface area contributed by atoms with Gasteiger partial charge in [0.05, 0.1) is 17.7 Å². The highest BCUT2D eigenvalue weighted by atomic mass is 32.1. The Labute approximate surface area is 203 Å². The fourth-order valence-corrected chi connectivity index (χ4v) is 4.77. The molecule has 0 spiro atoms. The van der Waals surface area contributed by atoms with Gasteiger partial charge in [-0.3, -0.25) is 14.2 Å². The van der Waals surface area contributed by atoms with E-state index in [1.54, 1.807) is 13.0 Å². The summed E-state index contributed by atoms with van der Waals surface area (Å²) in [4.78, 5) is 56.9. The molecule has 0 atom stereocenters. The number of hydrogen-bond acceptors (Lipinski definition) is 10. The first kappa shape index (κ1) is 22.7. The summed E-state index contributed by atoms with van der Waals surface area (Å²) in [5.74, 6) is -0.295. The second-order valence-corrected chi connectivity index (χ2v) is 9.34. The van der Waals surface area contributed by atoms with E-state index in [4.69, 9.17) is 0 Å². The van der Waals surface area contributed by atoms with Gasteiger partial charge in [0.25, 0.3) is 0 Å². The number of carboxylic acid groups (broad SMARTS) is 1. The molecule has 0 amide bonds. The molecule has 0 radical (unpaired) electrons. The molecule has 5 heterocycles.